The zero-order valence-electron chi connectivity index (χ0n) is 10.2. The van der Waals surface area contributed by atoms with E-state index in [1.54, 1.807) is 24.3 Å². The number of carboxylic acids is 2. The molecule has 1 amide bonds. The van der Waals surface area contributed by atoms with Crippen molar-refractivity contribution in [3.63, 3.8) is 0 Å². The fourth-order valence-electron chi connectivity index (χ4n) is 1.28. The van der Waals surface area contributed by atoms with Crippen molar-refractivity contribution in [1.82, 2.24) is 0 Å². The summed E-state index contributed by atoms with van der Waals surface area (Å²) in [5.41, 5.74) is 0.587. The summed E-state index contributed by atoms with van der Waals surface area (Å²) in [6, 6.07) is 6.90. The van der Waals surface area contributed by atoms with Gasteiger partial charge in [-0.2, -0.15) is 0 Å². The smallest absolute Gasteiger partial charge is 0.317 e. The van der Waals surface area contributed by atoms with E-state index in [9.17, 15) is 14.4 Å². The number of carbonyl (C=O) groups is 3. The molecule has 6 nitrogen and oxygen atoms in total. The van der Waals surface area contributed by atoms with Crippen LogP contribution in [-0.4, -0.2) is 39.1 Å². The summed E-state index contributed by atoms with van der Waals surface area (Å²) in [5.74, 6) is -2.96. The fraction of sp³-hybridized carbons (Fsp3) is 0.250. The van der Waals surface area contributed by atoms with E-state index in [-0.39, 0.29) is 11.7 Å². The predicted octanol–water partition coefficient (Wildman–Crippen LogP) is 2.05. The second-order valence-corrected chi connectivity index (χ2v) is 5.90. The molecular formula is C12H12BrNO5S. The van der Waals surface area contributed by atoms with Crippen LogP contribution in [-0.2, 0) is 14.4 Å². The molecule has 1 atom stereocenters. The first-order valence-corrected chi connectivity index (χ1v) is 7.34. The Morgan fingerprint density at radius 2 is 1.80 bits per heavy atom. The van der Waals surface area contributed by atoms with Gasteiger partial charge in [-0.3, -0.25) is 14.4 Å². The molecule has 8 heteroatoms. The standard InChI is InChI=1S/C12H12BrNO5S/c13-7-1-3-8(4-2-7)14-10(15)6-20-9(12(18)19)5-11(16)17/h1-4,9H,5-6H2,(H,14,15)(H,16,17)(H,18,19)/t9-/m0/s1. The molecule has 0 aliphatic carbocycles. The Balaban J connectivity index is 2.47. The Kier molecular flexibility index (Phi) is 6.53. The molecule has 0 fully saturated rings. The molecule has 0 aliphatic rings. The van der Waals surface area contributed by atoms with Crippen molar-refractivity contribution in [1.29, 1.82) is 0 Å². The minimum atomic E-state index is -1.24. The van der Waals surface area contributed by atoms with Gasteiger partial charge in [-0.25, -0.2) is 0 Å². The molecule has 20 heavy (non-hydrogen) atoms. The van der Waals surface area contributed by atoms with E-state index in [1.165, 1.54) is 0 Å². The van der Waals surface area contributed by atoms with E-state index in [2.05, 4.69) is 21.2 Å². The van der Waals surface area contributed by atoms with Gasteiger partial charge in [0.2, 0.25) is 5.91 Å². The first-order valence-electron chi connectivity index (χ1n) is 5.50. The lowest BCUT2D eigenvalue weighted by Gasteiger charge is -2.10. The van der Waals surface area contributed by atoms with Gasteiger partial charge in [-0.1, -0.05) is 15.9 Å². The van der Waals surface area contributed by atoms with E-state index >= 15 is 0 Å². The van der Waals surface area contributed by atoms with Gasteiger partial charge in [0, 0.05) is 10.2 Å². The second-order valence-electron chi connectivity index (χ2n) is 3.79. The van der Waals surface area contributed by atoms with E-state index in [0.29, 0.717) is 5.69 Å². The van der Waals surface area contributed by atoms with Crippen molar-refractivity contribution >= 4 is 51.2 Å². The lowest BCUT2D eigenvalue weighted by atomic mass is 10.3. The number of rotatable bonds is 7. The van der Waals surface area contributed by atoms with Crippen molar-refractivity contribution in [2.24, 2.45) is 0 Å². The van der Waals surface area contributed by atoms with Crippen LogP contribution in [0, 0.1) is 0 Å². The Bertz CT molecular complexity index is 505. The van der Waals surface area contributed by atoms with Crippen molar-refractivity contribution in [3.8, 4) is 0 Å². The summed E-state index contributed by atoms with van der Waals surface area (Å²) in [4.78, 5) is 32.9. The third kappa shape index (κ3) is 6.07. The number of anilines is 1. The van der Waals surface area contributed by atoms with Gasteiger partial charge in [-0.15, -0.1) is 11.8 Å². The number of hydrogen-bond donors (Lipinski definition) is 3. The molecule has 1 rings (SSSR count). The summed E-state index contributed by atoms with van der Waals surface area (Å²) in [7, 11) is 0. The molecule has 0 spiro atoms. The second kappa shape index (κ2) is 7.91. The molecule has 0 heterocycles. The number of hydrogen-bond acceptors (Lipinski definition) is 4. The minimum Gasteiger partial charge on any atom is -0.481 e. The highest BCUT2D eigenvalue weighted by Gasteiger charge is 2.22. The van der Waals surface area contributed by atoms with Crippen LogP contribution < -0.4 is 5.32 Å². The third-order valence-electron chi connectivity index (χ3n) is 2.18. The third-order valence-corrected chi connectivity index (χ3v) is 3.91. The van der Waals surface area contributed by atoms with Gasteiger partial charge in [0.25, 0.3) is 0 Å². The largest absolute Gasteiger partial charge is 0.481 e. The van der Waals surface area contributed by atoms with E-state index in [4.69, 9.17) is 10.2 Å². The molecule has 0 saturated heterocycles. The van der Waals surface area contributed by atoms with Crippen molar-refractivity contribution in [2.45, 2.75) is 11.7 Å². The van der Waals surface area contributed by atoms with Crippen LogP contribution in [0.3, 0.4) is 0 Å². The normalized spacial score (nSPS) is 11.7. The molecule has 0 saturated carbocycles. The van der Waals surface area contributed by atoms with Crippen LogP contribution in [0.2, 0.25) is 0 Å². The van der Waals surface area contributed by atoms with Gasteiger partial charge in [0.15, 0.2) is 0 Å². The van der Waals surface area contributed by atoms with E-state index in [1.807, 2.05) is 0 Å². The molecule has 0 bridgehead atoms. The minimum absolute atomic E-state index is 0.125. The maximum atomic E-state index is 11.6. The summed E-state index contributed by atoms with van der Waals surface area (Å²) in [5, 5.41) is 18.9. The van der Waals surface area contributed by atoms with Crippen molar-refractivity contribution in [2.75, 3.05) is 11.1 Å². The Morgan fingerprint density at radius 3 is 2.30 bits per heavy atom. The van der Waals surface area contributed by atoms with Gasteiger partial charge in [0.05, 0.1) is 12.2 Å². The SMILES string of the molecule is O=C(O)C[C@H](SCC(=O)Nc1ccc(Br)cc1)C(=O)O. The molecule has 1 aromatic carbocycles. The van der Waals surface area contributed by atoms with Gasteiger partial charge < -0.3 is 15.5 Å². The Morgan fingerprint density at radius 1 is 1.20 bits per heavy atom. The van der Waals surface area contributed by atoms with Crippen molar-refractivity contribution < 1.29 is 24.6 Å². The molecule has 0 radical (unpaired) electrons. The highest BCUT2D eigenvalue weighted by Crippen LogP contribution is 2.17. The van der Waals surface area contributed by atoms with Crippen LogP contribution >= 0.6 is 27.7 Å². The predicted molar refractivity (Wildman–Crippen MR) is 78.9 cm³/mol. The molecule has 1 aromatic rings. The topological polar surface area (TPSA) is 104 Å². The maximum Gasteiger partial charge on any atom is 0.317 e. The number of thioether (sulfide) groups is 1. The number of halogens is 1. The average molecular weight is 362 g/mol. The first-order chi connectivity index (χ1) is 9.38. The zero-order chi connectivity index (χ0) is 15.1. The van der Waals surface area contributed by atoms with Crippen LogP contribution in [0.5, 0.6) is 0 Å². The highest BCUT2D eigenvalue weighted by atomic mass is 79.9. The van der Waals surface area contributed by atoms with Gasteiger partial charge >= 0.3 is 11.9 Å². The number of amides is 1. The molecular weight excluding hydrogens is 350 g/mol. The van der Waals surface area contributed by atoms with Gasteiger partial charge in [0.1, 0.15) is 5.25 Å². The molecule has 0 aromatic heterocycles. The molecule has 0 aliphatic heterocycles. The van der Waals surface area contributed by atoms with Crippen LogP contribution in [0.4, 0.5) is 5.69 Å². The summed E-state index contributed by atoms with van der Waals surface area (Å²) in [6.07, 6.45) is -0.522. The lowest BCUT2D eigenvalue weighted by molar-refractivity contribution is -0.142. The number of nitrogens with one attached hydrogen (secondary N) is 1. The molecule has 108 valence electrons. The van der Waals surface area contributed by atoms with E-state index in [0.717, 1.165) is 16.2 Å². The first kappa shape index (κ1) is 16.5. The molecule has 0 unspecified atom stereocenters. The average Bonchev–Trinajstić information content (AvgIpc) is 2.36. The lowest BCUT2D eigenvalue weighted by Crippen LogP contribution is -2.23. The van der Waals surface area contributed by atoms with Crippen LogP contribution in [0.15, 0.2) is 28.7 Å². The Hall–Kier alpha value is -1.54. The monoisotopic (exact) mass is 361 g/mol. The number of carbonyl (C=O) groups excluding carboxylic acids is 1. The summed E-state index contributed by atoms with van der Waals surface area (Å²) >= 11 is 4.05. The number of aliphatic carboxylic acids is 2. The summed E-state index contributed by atoms with van der Waals surface area (Å²) in [6.45, 7) is 0. The zero-order valence-corrected chi connectivity index (χ0v) is 12.6. The quantitative estimate of drug-likeness (QED) is 0.686. The van der Waals surface area contributed by atoms with Crippen LogP contribution in [0.1, 0.15) is 6.42 Å². The Labute approximate surface area is 127 Å². The molecule has 3 N–H and O–H groups in total. The van der Waals surface area contributed by atoms with Crippen LogP contribution in [0.25, 0.3) is 0 Å². The fourth-order valence-corrected chi connectivity index (χ4v) is 2.37. The number of carboxylic acid groups (broad SMARTS) is 2. The van der Waals surface area contributed by atoms with Gasteiger partial charge in [-0.05, 0) is 24.3 Å². The highest BCUT2D eigenvalue weighted by molar-refractivity contribution is 9.10. The van der Waals surface area contributed by atoms with E-state index < -0.39 is 23.6 Å². The number of benzene rings is 1. The maximum absolute atomic E-state index is 11.6. The van der Waals surface area contributed by atoms with Crippen molar-refractivity contribution in [3.05, 3.63) is 28.7 Å². The summed E-state index contributed by atoms with van der Waals surface area (Å²) < 4.78 is 0.872.